The summed E-state index contributed by atoms with van der Waals surface area (Å²) in [4.78, 5) is 30.5. The minimum atomic E-state index is -1.39. The molecule has 0 amide bonds. The van der Waals surface area contributed by atoms with Gasteiger partial charge in [-0.2, -0.15) is 0 Å². The fraction of sp³-hybridized carbons (Fsp3) is 0.733. The van der Waals surface area contributed by atoms with Crippen molar-refractivity contribution in [2.45, 2.75) is 117 Å². The number of allylic oxidation sites excluding steroid dienone is 1. The molecule has 1 heterocycles. The Morgan fingerprint density at radius 1 is 0.947 bits per heavy atom. The number of hydrogen-bond donors (Lipinski definition) is 1. The first-order valence-corrected chi connectivity index (χ1v) is 15.1. The number of carboxylic acids is 2. The van der Waals surface area contributed by atoms with Crippen molar-refractivity contribution >= 4 is 29.6 Å². The number of rotatable bonds is 20. The van der Waals surface area contributed by atoms with E-state index < -0.39 is 22.7 Å². The lowest BCUT2D eigenvalue weighted by Crippen LogP contribution is -2.52. The van der Waals surface area contributed by atoms with E-state index >= 15 is 0 Å². The average molecular weight is 548 g/mol. The number of aromatic carboxylic acids is 1. The van der Waals surface area contributed by atoms with E-state index in [1.807, 2.05) is 13.8 Å². The third kappa shape index (κ3) is 14.2. The molecule has 0 saturated heterocycles. The highest BCUT2D eigenvalue weighted by atomic mass is 32.2. The molecule has 0 aliphatic carbocycles. The molecular formula is C30H49N3O4S-2. The predicted molar refractivity (Wildman–Crippen MR) is 154 cm³/mol. The molecule has 3 atom stereocenters. The van der Waals surface area contributed by atoms with Gasteiger partial charge in [-0.25, -0.2) is 9.97 Å². The Hall–Kier alpha value is -2.09. The second-order valence-electron chi connectivity index (χ2n) is 11.8. The summed E-state index contributed by atoms with van der Waals surface area (Å²) >= 11 is 1.51. The van der Waals surface area contributed by atoms with E-state index in [4.69, 9.17) is 0 Å². The van der Waals surface area contributed by atoms with Crippen LogP contribution in [0.5, 0.6) is 0 Å². The Labute approximate surface area is 234 Å². The summed E-state index contributed by atoms with van der Waals surface area (Å²) in [5.74, 6) is 0.441. The molecule has 7 nitrogen and oxygen atoms in total. The van der Waals surface area contributed by atoms with E-state index in [2.05, 4.69) is 56.0 Å². The number of aromatic nitrogens is 2. The van der Waals surface area contributed by atoms with Crippen molar-refractivity contribution in [3.05, 3.63) is 29.6 Å². The molecule has 0 bridgehead atoms. The first-order chi connectivity index (χ1) is 17.8. The molecule has 1 aromatic heterocycles. The summed E-state index contributed by atoms with van der Waals surface area (Å²) in [6, 6.07) is -1.06. The van der Waals surface area contributed by atoms with Crippen molar-refractivity contribution < 1.29 is 19.8 Å². The number of aliphatic carboxylic acids is 1. The first kappa shape index (κ1) is 33.9. The molecule has 3 unspecified atom stereocenters. The number of carbonyl (C=O) groups excluding carboxylic acids is 2. The maximum Gasteiger partial charge on any atom is 0.223 e. The Morgan fingerprint density at radius 2 is 1.47 bits per heavy atom. The van der Waals surface area contributed by atoms with Crippen molar-refractivity contribution in [3.8, 4) is 0 Å². The molecule has 216 valence electrons. The lowest BCUT2D eigenvalue weighted by Gasteiger charge is -2.35. The lowest BCUT2D eigenvalue weighted by atomic mass is 9.91. The number of nitrogens with zero attached hydrogens (tertiary/aromatic N) is 2. The fourth-order valence-electron chi connectivity index (χ4n) is 4.45. The lowest BCUT2D eigenvalue weighted by molar-refractivity contribution is -0.307. The van der Waals surface area contributed by atoms with Crippen LogP contribution in [0, 0.1) is 17.8 Å². The van der Waals surface area contributed by atoms with Gasteiger partial charge in [0.25, 0.3) is 0 Å². The quantitative estimate of drug-likeness (QED) is 0.219. The number of nitrogens with one attached hydrogen (secondary N) is 1. The Morgan fingerprint density at radius 3 is 1.97 bits per heavy atom. The molecule has 1 rings (SSSR count). The van der Waals surface area contributed by atoms with Crippen LogP contribution < -0.4 is 15.5 Å². The standard InChI is InChI=1S/C30H51N3O4S/c1-21(2)11-8-12-22(3)13-9-14-23(4)15-10-16-24(5)17-18-38-30(6,7)26(28(36)37)33-29-31-19-25(20-32-29)27(34)35/h17,19-23,26H,8-16,18H2,1-7H3,(H,34,35)(H,36,37)(H,31,32,33)/p-2/b24-17+. The molecule has 0 fully saturated rings. The van der Waals surface area contributed by atoms with Gasteiger partial charge >= 0.3 is 0 Å². The van der Waals surface area contributed by atoms with Crippen molar-refractivity contribution in [3.63, 3.8) is 0 Å². The molecule has 0 spiro atoms. The number of hydrogen-bond acceptors (Lipinski definition) is 8. The van der Waals surface area contributed by atoms with Gasteiger partial charge < -0.3 is 25.1 Å². The molecule has 1 aromatic rings. The van der Waals surface area contributed by atoms with Gasteiger partial charge in [-0.15, -0.1) is 11.8 Å². The minimum absolute atomic E-state index is 0.0271. The summed E-state index contributed by atoms with van der Waals surface area (Å²) in [5.41, 5.74) is 1.14. The molecule has 0 saturated carbocycles. The SMILES string of the molecule is C/C(=C\CSC(C)(C)C(Nc1ncc(C(=O)[O-])cn1)C(=O)[O-])CCCC(C)CCCC(C)CCCC(C)C. The summed E-state index contributed by atoms with van der Waals surface area (Å²) in [7, 11) is 0. The number of carbonyl (C=O) groups is 2. The first-order valence-electron chi connectivity index (χ1n) is 14.1. The van der Waals surface area contributed by atoms with Gasteiger partial charge in [0.1, 0.15) is 0 Å². The monoisotopic (exact) mass is 547 g/mol. The number of anilines is 1. The van der Waals surface area contributed by atoms with Gasteiger partial charge in [-0.3, -0.25) is 0 Å². The zero-order valence-electron chi connectivity index (χ0n) is 24.5. The van der Waals surface area contributed by atoms with Gasteiger partial charge in [-0.1, -0.05) is 84.3 Å². The van der Waals surface area contributed by atoms with Crippen LogP contribution in [0.15, 0.2) is 24.0 Å². The van der Waals surface area contributed by atoms with Crippen LogP contribution in [-0.2, 0) is 4.79 Å². The third-order valence-corrected chi connectivity index (χ3v) is 8.43. The fourth-order valence-corrected chi connectivity index (χ4v) is 5.56. The molecule has 0 aliphatic rings. The second-order valence-corrected chi connectivity index (χ2v) is 13.5. The average Bonchev–Trinajstić information content (AvgIpc) is 2.82. The van der Waals surface area contributed by atoms with Crippen molar-refractivity contribution in [2.24, 2.45) is 17.8 Å². The maximum atomic E-state index is 11.8. The number of carboxylic acid groups (broad SMARTS) is 2. The summed E-state index contributed by atoms with van der Waals surface area (Å²) in [5, 5.41) is 25.5. The van der Waals surface area contributed by atoms with Crippen molar-refractivity contribution in [1.82, 2.24) is 9.97 Å². The van der Waals surface area contributed by atoms with E-state index in [0.717, 1.165) is 36.6 Å². The van der Waals surface area contributed by atoms with Crippen molar-refractivity contribution in [1.29, 1.82) is 0 Å². The van der Waals surface area contributed by atoms with Gasteiger partial charge in [0.15, 0.2) is 0 Å². The third-order valence-electron chi connectivity index (χ3n) is 7.12. The van der Waals surface area contributed by atoms with Crippen LogP contribution in [0.2, 0.25) is 0 Å². The second kappa shape index (κ2) is 17.5. The summed E-state index contributed by atoms with van der Waals surface area (Å²) < 4.78 is -0.716. The minimum Gasteiger partial charge on any atom is -0.548 e. The summed E-state index contributed by atoms with van der Waals surface area (Å²) in [6.07, 6.45) is 15.8. The zero-order chi connectivity index (χ0) is 28.7. The maximum absolute atomic E-state index is 11.8. The highest BCUT2D eigenvalue weighted by molar-refractivity contribution is 8.00. The van der Waals surface area contributed by atoms with Gasteiger partial charge in [-0.05, 0) is 51.4 Å². The Balaban J connectivity index is 2.39. The molecule has 8 heteroatoms. The van der Waals surface area contributed by atoms with Crippen LogP contribution in [0.25, 0.3) is 0 Å². The van der Waals surface area contributed by atoms with Crippen LogP contribution in [0.1, 0.15) is 117 Å². The van der Waals surface area contributed by atoms with Crippen LogP contribution in [0.4, 0.5) is 5.95 Å². The normalized spacial score (nSPS) is 14.8. The molecule has 0 aromatic carbocycles. The van der Waals surface area contributed by atoms with Gasteiger partial charge in [0, 0.05) is 28.5 Å². The van der Waals surface area contributed by atoms with Gasteiger partial charge in [0.2, 0.25) is 5.95 Å². The van der Waals surface area contributed by atoms with E-state index in [1.54, 1.807) is 0 Å². The smallest absolute Gasteiger partial charge is 0.223 e. The van der Waals surface area contributed by atoms with E-state index in [-0.39, 0.29) is 11.5 Å². The Kier molecular flexibility index (Phi) is 15.6. The number of thioether (sulfide) groups is 1. The molecule has 0 aliphatic heterocycles. The predicted octanol–water partition coefficient (Wildman–Crippen LogP) is 5.27. The highest BCUT2D eigenvalue weighted by Gasteiger charge is 2.31. The molecule has 0 radical (unpaired) electrons. The highest BCUT2D eigenvalue weighted by Crippen LogP contribution is 2.30. The Bertz CT molecular complexity index is 871. The summed E-state index contributed by atoms with van der Waals surface area (Å²) in [6.45, 7) is 15.2. The molecule has 38 heavy (non-hydrogen) atoms. The largest absolute Gasteiger partial charge is 0.548 e. The zero-order valence-corrected chi connectivity index (χ0v) is 25.4. The van der Waals surface area contributed by atoms with Gasteiger partial charge in [0.05, 0.1) is 18.0 Å². The van der Waals surface area contributed by atoms with Crippen LogP contribution in [0.3, 0.4) is 0 Å². The topological polar surface area (TPSA) is 118 Å². The van der Waals surface area contributed by atoms with E-state index in [9.17, 15) is 19.8 Å². The van der Waals surface area contributed by atoms with E-state index in [0.29, 0.717) is 5.75 Å². The van der Waals surface area contributed by atoms with Crippen molar-refractivity contribution in [2.75, 3.05) is 11.1 Å². The molecular weight excluding hydrogens is 498 g/mol. The van der Waals surface area contributed by atoms with Crippen LogP contribution >= 0.6 is 11.8 Å². The van der Waals surface area contributed by atoms with E-state index in [1.165, 1.54) is 68.7 Å². The molecule has 1 N–H and O–H groups in total. The van der Waals surface area contributed by atoms with Crippen LogP contribution in [-0.4, -0.2) is 38.4 Å².